The molecule has 0 atom stereocenters. The van der Waals surface area contributed by atoms with E-state index in [0.29, 0.717) is 0 Å². The van der Waals surface area contributed by atoms with E-state index in [1.54, 1.807) is 0 Å². The van der Waals surface area contributed by atoms with Gasteiger partial charge in [-0.3, -0.25) is 0 Å². The van der Waals surface area contributed by atoms with Gasteiger partial charge in [-0.2, -0.15) is 0 Å². The molecule has 1 heterocycles. The van der Waals surface area contributed by atoms with Gasteiger partial charge in [0, 0.05) is 25.1 Å². The average Bonchev–Trinajstić information content (AvgIpc) is 1.93. The lowest BCUT2D eigenvalue weighted by Gasteiger charge is -2.04. The molecule has 0 amide bonds. The summed E-state index contributed by atoms with van der Waals surface area (Å²) in [4.78, 5) is 1.91. The fraction of sp³-hybridized carbons (Fsp3) is 0.143. The summed E-state index contributed by atoms with van der Waals surface area (Å²) in [6.07, 6.45) is 9.52. The van der Waals surface area contributed by atoms with E-state index in [1.165, 1.54) is 0 Å². The zero-order valence-electron chi connectivity index (χ0n) is 5.41. The minimum atomic E-state index is 0.780. The van der Waals surface area contributed by atoms with Crippen molar-refractivity contribution in [1.29, 1.82) is 0 Å². The van der Waals surface area contributed by atoms with Gasteiger partial charge < -0.3 is 10.6 Å². The molecule has 1 rings (SSSR count). The van der Waals surface area contributed by atoms with Crippen LogP contribution in [0.2, 0.25) is 0 Å². The molecule has 0 spiro atoms. The number of hydrogen-bond acceptors (Lipinski definition) is 2. The number of nitrogens with two attached hydrogens (primary N) is 1. The fourth-order valence-electron chi connectivity index (χ4n) is 0.673. The quantitative estimate of drug-likeness (QED) is 0.515. The van der Waals surface area contributed by atoms with Crippen molar-refractivity contribution < 1.29 is 0 Å². The maximum atomic E-state index is 5.52. The molecule has 0 aromatic carbocycles. The summed E-state index contributed by atoms with van der Waals surface area (Å²) >= 11 is 0. The van der Waals surface area contributed by atoms with E-state index in [-0.39, 0.29) is 0 Å². The van der Waals surface area contributed by atoms with Crippen molar-refractivity contribution in [2.24, 2.45) is 5.73 Å². The second kappa shape index (κ2) is 2.40. The van der Waals surface area contributed by atoms with E-state index in [4.69, 9.17) is 5.73 Å². The van der Waals surface area contributed by atoms with E-state index in [2.05, 4.69) is 0 Å². The Morgan fingerprint density at radius 3 is 3.00 bits per heavy atom. The third kappa shape index (κ3) is 1.64. The van der Waals surface area contributed by atoms with Crippen molar-refractivity contribution in [1.82, 2.24) is 4.90 Å². The first-order valence-corrected chi connectivity index (χ1v) is 2.83. The lowest BCUT2D eigenvalue weighted by molar-refractivity contribution is 0.622. The van der Waals surface area contributed by atoms with Gasteiger partial charge in [-0.05, 0) is 12.2 Å². The minimum absolute atomic E-state index is 0.780. The van der Waals surface area contributed by atoms with Crippen LogP contribution in [-0.4, -0.2) is 11.9 Å². The van der Waals surface area contributed by atoms with Gasteiger partial charge in [0.25, 0.3) is 0 Å². The van der Waals surface area contributed by atoms with E-state index in [9.17, 15) is 0 Å². The smallest absolute Gasteiger partial charge is 0.0478 e. The standard InChI is InChI=1S/C7H10N2/c1-9-5-3-2-4-7(8)6-9/h2-6H,8H2,1H3. The highest BCUT2D eigenvalue weighted by Crippen LogP contribution is 1.97. The summed E-state index contributed by atoms with van der Waals surface area (Å²) in [6, 6.07) is 0. The van der Waals surface area contributed by atoms with Crippen molar-refractivity contribution in [3.63, 3.8) is 0 Å². The summed E-state index contributed by atoms with van der Waals surface area (Å²) in [6.45, 7) is 0. The van der Waals surface area contributed by atoms with Crippen LogP contribution >= 0.6 is 0 Å². The molecule has 0 unspecified atom stereocenters. The lowest BCUT2D eigenvalue weighted by atomic mass is 10.4. The fourth-order valence-corrected chi connectivity index (χ4v) is 0.673. The first-order chi connectivity index (χ1) is 4.29. The molecule has 0 aromatic heterocycles. The largest absolute Gasteiger partial charge is 0.398 e. The molecule has 0 saturated heterocycles. The molecular formula is C7H10N2. The predicted octanol–water partition coefficient (Wildman–Crippen LogP) is 0.802. The van der Waals surface area contributed by atoms with E-state index in [1.807, 2.05) is 42.6 Å². The summed E-state index contributed by atoms with van der Waals surface area (Å²) < 4.78 is 0. The Bertz CT molecular complexity index is 177. The minimum Gasteiger partial charge on any atom is -0.398 e. The lowest BCUT2D eigenvalue weighted by Crippen LogP contribution is -2.03. The second-order valence-electron chi connectivity index (χ2n) is 2.00. The van der Waals surface area contributed by atoms with Crippen molar-refractivity contribution in [2.45, 2.75) is 0 Å². The first kappa shape index (κ1) is 5.95. The van der Waals surface area contributed by atoms with Crippen LogP contribution in [0.3, 0.4) is 0 Å². The van der Waals surface area contributed by atoms with Crippen LogP contribution < -0.4 is 5.73 Å². The maximum Gasteiger partial charge on any atom is 0.0478 e. The Morgan fingerprint density at radius 1 is 1.44 bits per heavy atom. The van der Waals surface area contributed by atoms with Gasteiger partial charge in [-0.25, -0.2) is 0 Å². The number of hydrogen-bond donors (Lipinski definition) is 1. The Morgan fingerprint density at radius 2 is 2.22 bits per heavy atom. The van der Waals surface area contributed by atoms with E-state index < -0.39 is 0 Å². The van der Waals surface area contributed by atoms with Crippen molar-refractivity contribution in [3.8, 4) is 0 Å². The molecule has 0 bridgehead atoms. The molecular weight excluding hydrogens is 112 g/mol. The number of rotatable bonds is 0. The maximum absolute atomic E-state index is 5.52. The predicted molar refractivity (Wildman–Crippen MR) is 38.3 cm³/mol. The highest BCUT2D eigenvalue weighted by molar-refractivity contribution is 5.22. The summed E-state index contributed by atoms with van der Waals surface area (Å²) in [5.41, 5.74) is 6.30. The van der Waals surface area contributed by atoms with Crippen LogP contribution in [0.4, 0.5) is 0 Å². The van der Waals surface area contributed by atoms with Crippen LogP contribution in [-0.2, 0) is 0 Å². The third-order valence-corrected chi connectivity index (χ3v) is 1.07. The van der Waals surface area contributed by atoms with Gasteiger partial charge in [-0.15, -0.1) is 0 Å². The molecule has 1 aliphatic heterocycles. The Hall–Kier alpha value is -1.18. The van der Waals surface area contributed by atoms with E-state index in [0.717, 1.165) is 5.70 Å². The third-order valence-electron chi connectivity index (χ3n) is 1.07. The average molecular weight is 122 g/mol. The van der Waals surface area contributed by atoms with Crippen LogP contribution in [0.5, 0.6) is 0 Å². The first-order valence-electron chi connectivity index (χ1n) is 2.83. The summed E-state index contributed by atoms with van der Waals surface area (Å²) in [7, 11) is 1.94. The molecule has 0 saturated carbocycles. The highest BCUT2D eigenvalue weighted by atomic mass is 15.1. The number of allylic oxidation sites excluding steroid dienone is 3. The zero-order chi connectivity index (χ0) is 6.69. The molecule has 2 nitrogen and oxygen atoms in total. The van der Waals surface area contributed by atoms with Crippen LogP contribution in [0.15, 0.2) is 36.3 Å². The van der Waals surface area contributed by atoms with Crippen molar-refractivity contribution >= 4 is 0 Å². The molecule has 0 fully saturated rings. The molecule has 1 aliphatic rings. The molecule has 2 N–H and O–H groups in total. The Balaban J connectivity index is 2.77. The highest BCUT2D eigenvalue weighted by Gasteiger charge is 1.88. The normalized spacial score (nSPS) is 17.4. The van der Waals surface area contributed by atoms with Gasteiger partial charge in [0.15, 0.2) is 0 Å². The molecule has 48 valence electrons. The second-order valence-corrected chi connectivity index (χ2v) is 2.00. The molecule has 9 heavy (non-hydrogen) atoms. The van der Waals surface area contributed by atoms with E-state index >= 15 is 0 Å². The molecule has 2 heteroatoms. The van der Waals surface area contributed by atoms with Crippen LogP contribution in [0.25, 0.3) is 0 Å². The Kier molecular flexibility index (Phi) is 1.58. The topological polar surface area (TPSA) is 29.3 Å². The zero-order valence-corrected chi connectivity index (χ0v) is 5.41. The van der Waals surface area contributed by atoms with Crippen molar-refractivity contribution in [3.05, 3.63) is 36.3 Å². The van der Waals surface area contributed by atoms with Gasteiger partial charge in [0.1, 0.15) is 0 Å². The van der Waals surface area contributed by atoms with Gasteiger partial charge >= 0.3 is 0 Å². The molecule has 0 aromatic rings. The van der Waals surface area contributed by atoms with Crippen molar-refractivity contribution in [2.75, 3.05) is 7.05 Å². The SMILES string of the molecule is CN1C=CC=CC(N)=C1. The Labute approximate surface area is 55.0 Å². The van der Waals surface area contributed by atoms with Gasteiger partial charge in [-0.1, -0.05) is 6.08 Å². The summed E-state index contributed by atoms with van der Waals surface area (Å²) in [5.74, 6) is 0. The number of nitrogens with zero attached hydrogens (tertiary/aromatic N) is 1. The van der Waals surface area contributed by atoms with Crippen LogP contribution in [0, 0.1) is 0 Å². The van der Waals surface area contributed by atoms with Crippen LogP contribution in [0.1, 0.15) is 0 Å². The van der Waals surface area contributed by atoms with Gasteiger partial charge in [0.05, 0.1) is 0 Å². The molecule has 0 aliphatic carbocycles. The summed E-state index contributed by atoms with van der Waals surface area (Å²) in [5, 5.41) is 0. The van der Waals surface area contributed by atoms with Gasteiger partial charge in [0.2, 0.25) is 0 Å². The molecule has 0 radical (unpaired) electrons. The monoisotopic (exact) mass is 122 g/mol.